The number of hydrogen-bond acceptors (Lipinski definition) is 3. The highest BCUT2D eigenvalue weighted by molar-refractivity contribution is 5.42. The summed E-state index contributed by atoms with van der Waals surface area (Å²) in [5.41, 5.74) is 0.723. The predicted octanol–water partition coefficient (Wildman–Crippen LogP) is 2.84. The van der Waals surface area contributed by atoms with Gasteiger partial charge in [0.15, 0.2) is 0 Å². The van der Waals surface area contributed by atoms with Crippen molar-refractivity contribution in [3.8, 4) is 5.75 Å². The molecule has 1 aromatic carbocycles. The van der Waals surface area contributed by atoms with E-state index < -0.39 is 0 Å². The first-order valence-electron chi connectivity index (χ1n) is 7.12. The molecular weight excluding hydrogens is 238 g/mol. The Morgan fingerprint density at radius 1 is 1.21 bits per heavy atom. The van der Waals surface area contributed by atoms with Crippen molar-refractivity contribution in [3.05, 3.63) is 29.8 Å². The molecule has 1 saturated heterocycles. The number of benzene rings is 1. The lowest BCUT2D eigenvalue weighted by atomic mass is 9.78. The van der Waals surface area contributed by atoms with Crippen LogP contribution in [0.4, 0.5) is 0 Å². The van der Waals surface area contributed by atoms with Crippen LogP contribution in [0.25, 0.3) is 0 Å². The maximum Gasteiger partial charge on any atom is 0.126 e. The van der Waals surface area contributed by atoms with Crippen molar-refractivity contribution in [2.75, 3.05) is 6.54 Å². The van der Waals surface area contributed by atoms with E-state index in [-0.39, 0.29) is 17.3 Å². The van der Waals surface area contributed by atoms with Crippen LogP contribution in [-0.4, -0.2) is 24.3 Å². The molecule has 2 aliphatic heterocycles. The molecule has 1 aromatic rings. The second-order valence-corrected chi connectivity index (χ2v) is 6.52. The minimum Gasteiger partial charge on any atom is -0.487 e. The fourth-order valence-corrected chi connectivity index (χ4v) is 3.30. The Hall–Kier alpha value is -1.06. The molecule has 104 valence electrons. The second-order valence-electron chi connectivity index (χ2n) is 6.52. The fraction of sp³-hybridized carbons (Fsp3) is 0.625. The summed E-state index contributed by atoms with van der Waals surface area (Å²) < 4.78 is 12.5. The molecule has 0 amide bonds. The van der Waals surface area contributed by atoms with E-state index in [4.69, 9.17) is 9.47 Å². The number of nitrogens with one attached hydrogen (secondary N) is 1. The SMILES string of the molecule is CC1NCC2(CC(C)(C)Oc3ccccc32)OC1C. The lowest BCUT2D eigenvalue weighted by Gasteiger charge is -2.50. The normalized spacial score (nSPS) is 36.6. The van der Waals surface area contributed by atoms with Gasteiger partial charge in [-0.15, -0.1) is 0 Å². The monoisotopic (exact) mass is 261 g/mol. The van der Waals surface area contributed by atoms with Gasteiger partial charge < -0.3 is 14.8 Å². The third-order valence-electron chi connectivity index (χ3n) is 4.30. The van der Waals surface area contributed by atoms with E-state index in [1.54, 1.807) is 0 Å². The van der Waals surface area contributed by atoms with Crippen molar-refractivity contribution < 1.29 is 9.47 Å². The topological polar surface area (TPSA) is 30.5 Å². The third kappa shape index (κ3) is 2.15. The van der Waals surface area contributed by atoms with E-state index in [2.05, 4.69) is 45.1 Å². The zero-order valence-corrected chi connectivity index (χ0v) is 12.2. The summed E-state index contributed by atoms with van der Waals surface area (Å²) >= 11 is 0. The molecule has 0 saturated carbocycles. The number of hydrogen-bond donors (Lipinski definition) is 1. The number of morpholine rings is 1. The van der Waals surface area contributed by atoms with Gasteiger partial charge in [-0.1, -0.05) is 18.2 Å². The van der Waals surface area contributed by atoms with Crippen LogP contribution in [0.3, 0.4) is 0 Å². The molecule has 0 bridgehead atoms. The fourth-order valence-electron chi connectivity index (χ4n) is 3.30. The van der Waals surface area contributed by atoms with Gasteiger partial charge in [-0.25, -0.2) is 0 Å². The summed E-state index contributed by atoms with van der Waals surface area (Å²) in [5.74, 6) is 0.960. The van der Waals surface area contributed by atoms with E-state index in [1.807, 2.05) is 12.1 Å². The smallest absolute Gasteiger partial charge is 0.126 e. The van der Waals surface area contributed by atoms with Gasteiger partial charge in [-0.3, -0.25) is 0 Å². The van der Waals surface area contributed by atoms with Crippen LogP contribution >= 0.6 is 0 Å². The predicted molar refractivity (Wildman–Crippen MR) is 75.5 cm³/mol. The van der Waals surface area contributed by atoms with Crippen molar-refractivity contribution in [2.45, 2.75) is 57.5 Å². The van der Waals surface area contributed by atoms with Gasteiger partial charge in [0.25, 0.3) is 0 Å². The first-order valence-corrected chi connectivity index (χ1v) is 7.12. The average Bonchev–Trinajstić information content (AvgIpc) is 2.33. The summed E-state index contributed by atoms with van der Waals surface area (Å²) in [7, 11) is 0. The number of ether oxygens (including phenoxy) is 2. The zero-order chi connectivity index (χ0) is 13.7. The molecule has 3 atom stereocenters. The molecule has 0 aliphatic carbocycles. The molecule has 1 N–H and O–H groups in total. The van der Waals surface area contributed by atoms with E-state index in [9.17, 15) is 0 Å². The van der Waals surface area contributed by atoms with Crippen LogP contribution in [-0.2, 0) is 10.3 Å². The summed E-state index contributed by atoms with van der Waals surface area (Å²) in [6.45, 7) is 9.44. The summed E-state index contributed by atoms with van der Waals surface area (Å²) in [6.07, 6.45) is 1.08. The van der Waals surface area contributed by atoms with Gasteiger partial charge in [0.2, 0.25) is 0 Å². The number of rotatable bonds is 0. The Labute approximate surface area is 115 Å². The van der Waals surface area contributed by atoms with Crippen molar-refractivity contribution in [1.82, 2.24) is 5.32 Å². The molecule has 3 unspecified atom stereocenters. The maximum absolute atomic E-state index is 6.45. The molecule has 1 spiro atoms. The molecule has 3 nitrogen and oxygen atoms in total. The summed E-state index contributed by atoms with van der Waals surface area (Å²) in [5, 5.41) is 3.59. The van der Waals surface area contributed by atoms with Crippen LogP contribution in [0.15, 0.2) is 24.3 Å². The molecular formula is C16H23NO2. The van der Waals surface area contributed by atoms with Gasteiger partial charge in [0, 0.05) is 24.6 Å². The van der Waals surface area contributed by atoms with Gasteiger partial charge in [0.05, 0.1) is 6.10 Å². The van der Waals surface area contributed by atoms with Gasteiger partial charge in [-0.2, -0.15) is 0 Å². The lowest BCUT2D eigenvalue weighted by Crippen LogP contribution is -2.59. The average molecular weight is 261 g/mol. The van der Waals surface area contributed by atoms with Crippen LogP contribution in [0.5, 0.6) is 5.75 Å². The van der Waals surface area contributed by atoms with Gasteiger partial charge >= 0.3 is 0 Å². The molecule has 3 rings (SSSR count). The Kier molecular flexibility index (Phi) is 2.88. The highest BCUT2D eigenvalue weighted by Crippen LogP contribution is 2.47. The van der Waals surface area contributed by atoms with Crippen LogP contribution < -0.4 is 10.1 Å². The highest BCUT2D eigenvalue weighted by Gasteiger charge is 2.49. The Bertz CT molecular complexity index is 485. The summed E-state index contributed by atoms with van der Waals surface area (Å²) in [6, 6.07) is 8.66. The first kappa shape index (κ1) is 12.9. The van der Waals surface area contributed by atoms with E-state index >= 15 is 0 Å². The quantitative estimate of drug-likeness (QED) is 0.779. The number of fused-ring (bicyclic) bond motifs is 2. The van der Waals surface area contributed by atoms with Gasteiger partial charge in [-0.05, 0) is 33.8 Å². The van der Waals surface area contributed by atoms with Crippen LogP contribution in [0, 0.1) is 0 Å². The Morgan fingerprint density at radius 2 is 1.95 bits per heavy atom. The van der Waals surface area contributed by atoms with Crippen molar-refractivity contribution in [1.29, 1.82) is 0 Å². The standard InChI is InChI=1S/C16H23NO2/c1-11-12(2)18-16(10-17-11)9-15(3,4)19-14-8-6-5-7-13(14)16/h5-8,11-12,17H,9-10H2,1-4H3. The Balaban J connectivity index is 2.05. The highest BCUT2D eigenvalue weighted by atomic mass is 16.5. The molecule has 2 aliphatic rings. The molecule has 3 heteroatoms. The van der Waals surface area contributed by atoms with Crippen molar-refractivity contribution >= 4 is 0 Å². The molecule has 2 heterocycles. The van der Waals surface area contributed by atoms with Crippen LogP contribution in [0.1, 0.15) is 39.7 Å². The van der Waals surface area contributed by atoms with Crippen molar-refractivity contribution in [3.63, 3.8) is 0 Å². The van der Waals surface area contributed by atoms with E-state index in [0.29, 0.717) is 6.04 Å². The summed E-state index contributed by atoms with van der Waals surface area (Å²) in [4.78, 5) is 0. The molecule has 0 radical (unpaired) electrons. The third-order valence-corrected chi connectivity index (χ3v) is 4.30. The molecule has 19 heavy (non-hydrogen) atoms. The largest absolute Gasteiger partial charge is 0.487 e. The van der Waals surface area contributed by atoms with Gasteiger partial charge in [0.1, 0.15) is 17.0 Å². The minimum atomic E-state index is -0.260. The lowest BCUT2D eigenvalue weighted by molar-refractivity contribution is -0.168. The Morgan fingerprint density at radius 3 is 2.68 bits per heavy atom. The van der Waals surface area contributed by atoms with Crippen molar-refractivity contribution in [2.24, 2.45) is 0 Å². The van der Waals surface area contributed by atoms with E-state index in [1.165, 1.54) is 5.56 Å². The van der Waals surface area contributed by atoms with E-state index in [0.717, 1.165) is 18.7 Å². The first-order chi connectivity index (χ1) is 8.92. The minimum absolute atomic E-state index is 0.198. The number of para-hydroxylation sites is 1. The molecule has 1 fully saturated rings. The molecule has 0 aromatic heterocycles. The second kappa shape index (κ2) is 4.22. The van der Waals surface area contributed by atoms with Crippen LogP contribution in [0.2, 0.25) is 0 Å². The maximum atomic E-state index is 6.45. The zero-order valence-electron chi connectivity index (χ0n) is 12.2.